The smallest absolute Gasteiger partial charge is 0.334 e. The monoisotopic (exact) mass is 420 g/mol. The molecule has 1 heterocycles. The molecule has 0 aliphatic heterocycles. The molecule has 10 nitrogen and oxygen atoms in total. The zero-order chi connectivity index (χ0) is 21.9. The van der Waals surface area contributed by atoms with Crippen molar-refractivity contribution in [3.63, 3.8) is 0 Å². The number of benzene rings is 2. The molecule has 3 aromatic rings. The molecule has 0 aliphatic rings. The largest absolute Gasteiger partial charge is 0.418 e. The van der Waals surface area contributed by atoms with Crippen LogP contribution in [0.25, 0.3) is 0 Å². The van der Waals surface area contributed by atoms with E-state index in [4.69, 9.17) is 0 Å². The minimum Gasteiger partial charge on any atom is -0.334 e. The van der Waals surface area contributed by atoms with Crippen LogP contribution in [0.3, 0.4) is 0 Å². The Morgan fingerprint density at radius 1 is 0.867 bits per heavy atom. The molecule has 0 atom stereocenters. The highest BCUT2D eigenvalue weighted by atomic mass is 19.4. The Labute approximate surface area is 165 Å². The lowest BCUT2D eigenvalue weighted by atomic mass is 10.1. The minimum atomic E-state index is -4.70. The molecule has 0 fully saturated rings. The van der Waals surface area contributed by atoms with E-state index in [9.17, 15) is 33.4 Å². The summed E-state index contributed by atoms with van der Waals surface area (Å²) in [6, 6.07) is 9.53. The van der Waals surface area contributed by atoms with Gasteiger partial charge in [-0.3, -0.25) is 20.2 Å². The lowest BCUT2D eigenvalue weighted by Crippen LogP contribution is -2.10. The van der Waals surface area contributed by atoms with Crippen molar-refractivity contribution in [1.82, 2.24) is 9.97 Å². The van der Waals surface area contributed by atoms with E-state index < -0.39 is 38.8 Å². The summed E-state index contributed by atoms with van der Waals surface area (Å²) in [7, 11) is 0. The van der Waals surface area contributed by atoms with E-state index in [1.807, 2.05) is 0 Å². The Bertz CT molecular complexity index is 1120. The highest BCUT2D eigenvalue weighted by molar-refractivity contribution is 5.78. The number of hydrogen-bond acceptors (Lipinski definition) is 8. The van der Waals surface area contributed by atoms with Crippen LogP contribution >= 0.6 is 0 Å². The number of halogens is 3. The third kappa shape index (κ3) is 4.40. The molecule has 13 heteroatoms. The number of hydrogen-bond donors (Lipinski definition) is 2. The molecule has 0 radical (unpaired) electrons. The van der Waals surface area contributed by atoms with Crippen LogP contribution in [-0.2, 0) is 6.18 Å². The number of nitro groups is 2. The molecule has 0 saturated heterocycles. The predicted molar refractivity (Wildman–Crippen MR) is 99.8 cm³/mol. The first-order valence-electron chi connectivity index (χ1n) is 8.11. The molecule has 2 aromatic carbocycles. The molecule has 0 saturated carbocycles. The average molecular weight is 420 g/mol. The first-order chi connectivity index (χ1) is 14.2. The number of rotatable bonds is 6. The number of non-ortho nitro benzene ring substituents is 1. The standard InChI is InChI=1S/C17H11F3N6O4/c18-17(19,20)12-6-1-2-7-13(12)24-16-14(26(29)30)15(21-9-22-16)23-10-4-3-5-11(8-10)25(27)28/h1-9H,(H2,21,22,23,24). The minimum absolute atomic E-state index is 0.118. The summed E-state index contributed by atoms with van der Waals surface area (Å²) < 4.78 is 39.6. The van der Waals surface area contributed by atoms with Crippen molar-refractivity contribution in [1.29, 1.82) is 0 Å². The van der Waals surface area contributed by atoms with Gasteiger partial charge in [0.1, 0.15) is 6.33 Å². The van der Waals surface area contributed by atoms with E-state index in [0.717, 1.165) is 24.5 Å². The number of alkyl halides is 3. The maximum atomic E-state index is 13.2. The Kier molecular flexibility index (Phi) is 5.44. The van der Waals surface area contributed by atoms with Crippen molar-refractivity contribution in [2.75, 3.05) is 10.6 Å². The van der Waals surface area contributed by atoms with Gasteiger partial charge < -0.3 is 10.6 Å². The van der Waals surface area contributed by atoms with E-state index in [1.165, 1.54) is 30.3 Å². The number of nitrogens with one attached hydrogen (secondary N) is 2. The fraction of sp³-hybridized carbons (Fsp3) is 0.0588. The van der Waals surface area contributed by atoms with Gasteiger partial charge >= 0.3 is 11.9 Å². The molecule has 3 rings (SSSR count). The summed E-state index contributed by atoms with van der Waals surface area (Å²) in [6.45, 7) is 0. The third-order valence-electron chi connectivity index (χ3n) is 3.81. The summed E-state index contributed by atoms with van der Waals surface area (Å²) in [5.74, 6) is -0.845. The van der Waals surface area contributed by atoms with E-state index in [-0.39, 0.29) is 17.2 Å². The van der Waals surface area contributed by atoms with Gasteiger partial charge in [-0.1, -0.05) is 18.2 Å². The number of nitro benzene ring substituents is 1. The number of aromatic nitrogens is 2. The second kappa shape index (κ2) is 7.98. The van der Waals surface area contributed by atoms with Gasteiger partial charge in [0, 0.05) is 17.8 Å². The second-order valence-electron chi connectivity index (χ2n) is 5.78. The molecule has 2 N–H and O–H groups in total. The molecule has 0 unspecified atom stereocenters. The summed E-state index contributed by atoms with van der Waals surface area (Å²) >= 11 is 0. The van der Waals surface area contributed by atoms with E-state index in [2.05, 4.69) is 20.6 Å². The van der Waals surface area contributed by atoms with Crippen LogP contribution < -0.4 is 10.6 Å². The molecular weight excluding hydrogens is 409 g/mol. The fourth-order valence-corrected chi connectivity index (χ4v) is 2.54. The lowest BCUT2D eigenvalue weighted by molar-refractivity contribution is -0.384. The first-order valence-corrected chi connectivity index (χ1v) is 8.11. The molecule has 0 aliphatic carbocycles. The van der Waals surface area contributed by atoms with Crippen molar-refractivity contribution in [3.05, 3.63) is 80.7 Å². The number of anilines is 4. The van der Waals surface area contributed by atoms with E-state index in [0.29, 0.717) is 0 Å². The summed E-state index contributed by atoms with van der Waals surface area (Å²) in [4.78, 5) is 28.4. The highest BCUT2D eigenvalue weighted by Gasteiger charge is 2.34. The highest BCUT2D eigenvalue weighted by Crippen LogP contribution is 2.38. The van der Waals surface area contributed by atoms with Crippen LogP contribution in [0.2, 0.25) is 0 Å². The maximum Gasteiger partial charge on any atom is 0.418 e. The molecule has 0 spiro atoms. The molecule has 0 amide bonds. The summed E-state index contributed by atoms with van der Waals surface area (Å²) in [5.41, 5.74) is -2.36. The van der Waals surface area contributed by atoms with Crippen LogP contribution in [0.4, 0.5) is 47.6 Å². The van der Waals surface area contributed by atoms with Gasteiger partial charge in [-0.25, -0.2) is 9.97 Å². The number of nitrogens with zero attached hydrogens (tertiary/aromatic N) is 4. The molecule has 30 heavy (non-hydrogen) atoms. The third-order valence-corrected chi connectivity index (χ3v) is 3.81. The zero-order valence-corrected chi connectivity index (χ0v) is 14.8. The van der Waals surface area contributed by atoms with Gasteiger partial charge in [0.15, 0.2) is 0 Å². The van der Waals surface area contributed by atoms with E-state index in [1.54, 1.807) is 0 Å². The van der Waals surface area contributed by atoms with Gasteiger partial charge in [-0.15, -0.1) is 0 Å². The van der Waals surface area contributed by atoms with Crippen LogP contribution in [-0.4, -0.2) is 19.8 Å². The van der Waals surface area contributed by atoms with Gasteiger partial charge in [0.05, 0.1) is 21.1 Å². The van der Waals surface area contributed by atoms with Crippen LogP contribution in [0.1, 0.15) is 5.56 Å². The van der Waals surface area contributed by atoms with Crippen molar-refractivity contribution >= 4 is 34.4 Å². The van der Waals surface area contributed by atoms with Crippen molar-refractivity contribution < 1.29 is 23.0 Å². The first kappa shape index (κ1) is 20.4. The van der Waals surface area contributed by atoms with Crippen LogP contribution in [0, 0.1) is 20.2 Å². The Hall–Kier alpha value is -4.29. The predicted octanol–water partition coefficient (Wildman–Crippen LogP) is 4.80. The second-order valence-corrected chi connectivity index (χ2v) is 5.78. The van der Waals surface area contributed by atoms with Gasteiger partial charge in [-0.2, -0.15) is 13.2 Å². The Morgan fingerprint density at radius 3 is 2.17 bits per heavy atom. The Morgan fingerprint density at radius 2 is 1.53 bits per heavy atom. The van der Waals surface area contributed by atoms with Crippen molar-refractivity contribution in [2.45, 2.75) is 6.18 Å². The Balaban J connectivity index is 2.02. The topological polar surface area (TPSA) is 136 Å². The quantitative estimate of drug-likeness (QED) is 0.429. The molecule has 1 aromatic heterocycles. The van der Waals surface area contributed by atoms with Crippen LogP contribution in [0.15, 0.2) is 54.9 Å². The lowest BCUT2D eigenvalue weighted by Gasteiger charge is -2.14. The fourth-order valence-electron chi connectivity index (χ4n) is 2.54. The molecular formula is C17H11F3N6O4. The maximum absolute atomic E-state index is 13.2. The number of para-hydroxylation sites is 1. The molecule has 154 valence electrons. The van der Waals surface area contributed by atoms with Gasteiger partial charge in [0.2, 0.25) is 11.6 Å². The van der Waals surface area contributed by atoms with Gasteiger partial charge in [-0.05, 0) is 18.2 Å². The zero-order valence-electron chi connectivity index (χ0n) is 14.8. The van der Waals surface area contributed by atoms with E-state index >= 15 is 0 Å². The normalized spacial score (nSPS) is 11.0. The average Bonchev–Trinajstić information content (AvgIpc) is 2.67. The van der Waals surface area contributed by atoms with Crippen molar-refractivity contribution in [3.8, 4) is 0 Å². The SMILES string of the molecule is O=[N+]([O-])c1cccc(Nc2ncnc(Nc3ccccc3C(F)(F)F)c2[N+](=O)[O-])c1. The summed E-state index contributed by atoms with van der Waals surface area (Å²) in [5, 5.41) is 27.4. The van der Waals surface area contributed by atoms with Gasteiger partial charge in [0.25, 0.3) is 5.69 Å². The molecule has 0 bridgehead atoms. The van der Waals surface area contributed by atoms with Crippen molar-refractivity contribution in [2.24, 2.45) is 0 Å². The van der Waals surface area contributed by atoms with Crippen LogP contribution in [0.5, 0.6) is 0 Å². The summed E-state index contributed by atoms with van der Waals surface area (Å²) in [6.07, 6.45) is -3.79.